The topological polar surface area (TPSA) is 177 Å². The summed E-state index contributed by atoms with van der Waals surface area (Å²) in [7, 11) is 3.29. The molecule has 60 heavy (non-hydrogen) atoms. The molecule has 320 valence electrons. The largest absolute Gasteiger partial charge is 0.508 e. The average molecular weight is 822 g/mol. The highest BCUT2D eigenvalue weighted by Gasteiger charge is 2.40. The molecule has 0 radical (unpaired) electrons. The Balaban J connectivity index is 1.36. The molecule has 14 nitrogen and oxygen atoms in total. The Morgan fingerprint density at radius 1 is 1.12 bits per heavy atom. The van der Waals surface area contributed by atoms with Crippen LogP contribution in [0.15, 0.2) is 54.7 Å². The van der Waals surface area contributed by atoms with E-state index in [0.29, 0.717) is 44.5 Å². The standard InChI is InChI=1S/C46H59N7O7/c1-9-52-38-15-14-29-22-33(38)34(41(52)32-12-10-16-47-39(32)27(4)59-8)23-46(5,6)25-60-45(58)35-13-11-17-53(50-35)44(57)36(20-28-18-30(29)21-31(54)19-28)49-42(55)40(26(2)3)51(7)43(56)37-24-48-37/h10,12,14-16,18-19,21-22,26-27,35-37,40,48,50,54H,9,11,13,17,20,23-25H2,1-8H3,(H,49,55)/t27-,35-,36-,37-,40-/m0/s1. The van der Waals surface area contributed by atoms with Gasteiger partial charge in [0, 0.05) is 68.3 Å². The summed E-state index contributed by atoms with van der Waals surface area (Å²) in [6.45, 7) is 13.7. The van der Waals surface area contributed by atoms with Gasteiger partial charge >= 0.3 is 5.97 Å². The number of hydrogen-bond acceptors (Lipinski definition) is 10. The number of cyclic esters (lactones) is 1. The predicted molar refractivity (Wildman–Crippen MR) is 229 cm³/mol. The molecule has 2 fully saturated rings. The third kappa shape index (κ3) is 8.77. The first-order valence-electron chi connectivity index (χ1n) is 21.1. The lowest BCUT2D eigenvalue weighted by Crippen LogP contribution is -2.62. The maximum absolute atomic E-state index is 14.5. The van der Waals surface area contributed by atoms with Crippen LogP contribution in [-0.4, -0.2) is 106 Å². The Bertz CT molecular complexity index is 2280. The third-order valence-corrected chi connectivity index (χ3v) is 12.1. The van der Waals surface area contributed by atoms with Crippen molar-refractivity contribution in [2.45, 2.75) is 104 Å². The number of rotatable bonds is 9. The highest BCUT2D eigenvalue weighted by atomic mass is 16.5. The number of carbonyl (C=O) groups excluding carboxylic acids is 4. The second-order valence-corrected chi connectivity index (χ2v) is 17.6. The van der Waals surface area contributed by atoms with Gasteiger partial charge in [-0.1, -0.05) is 39.8 Å². The number of esters is 1. The van der Waals surface area contributed by atoms with Crippen LogP contribution in [0.3, 0.4) is 0 Å². The van der Waals surface area contributed by atoms with Gasteiger partial charge in [-0.2, -0.15) is 0 Å². The second kappa shape index (κ2) is 17.3. The summed E-state index contributed by atoms with van der Waals surface area (Å²) >= 11 is 0. The number of aromatic hydroxyl groups is 1. The number of nitrogens with zero attached hydrogens (tertiary/aromatic N) is 4. The van der Waals surface area contributed by atoms with Gasteiger partial charge in [0.1, 0.15) is 23.9 Å². The first-order valence-corrected chi connectivity index (χ1v) is 21.1. The van der Waals surface area contributed by atoms with E-state index >= 15 is 0 Å². The number of fused-ring (bicyclic) bond motifs is 6. The minimum atomic E-state index is -1.10. The number of hydrazine groups is 1. The number of methoxy groups -OCH3 is 1. The molecule has 3 aliphatic rings. The number of ether oxygens (including phenoxy) is 2. The number of likely N-dealkylation sites (N-methyl/N-ethyl adjacent to an activating group) is 1. The maximum atomic E-state index is 14.5. The third-order valence-electron chi connectivity index (χ3n) is 12.1. The Morgan fingerprint density at radius 2 is 1.88 bits per heavy atom. The van der Waals surface area contributed by atoms with Crippen molar-refractivity contribution in [2.75, 3.05) is 33.9 Å². The van der Waals surface area contributed by atoms with Gasteiger partial charge in [0.2, 0.25) is 11.8 Å². The lowest BCUT2D eigenvalue weighted by atomic mass is 9.84. The van der Waals surface area contributed by atoms with Crippen molar-refractivity contribution in [3.05, 3.63) is 71.5 Å². The van der Waals surface area contributed by atoms with E-state index in [4.69, 9.17) is 14.5 Å². The molecule has 0 saturated carbocycles. The van der Waals surface area contributed by atoms with Crippen molar-refractivity contribution in [1.82, 2.24) is 35.5 Å². The number of aromatic nitrogens is 2. The molecule has 4 aromatic rings. The van der Waals surface area contributed by atoms with E-state index < -0.39 is 41.3 Å². The van der Waals surface area contributed by atoms with Crippen LogP contribution in [0.4, 0.5) is 0 Å². The van der Waals surface area contributed by atoms with Gasteiger partial charge in [0.25, 0.3) is 5.91 Å². The summed E-state index contributed by atoms with van der Waals surface area (Å²) in [5.74, 6) is -1.81. The van der Waals surface area contributed by atoms with Gasteiger partial charge in [0.05, 0.1) is 30.1 Å². The molecule has 0 aliphatic carbocycles. The van der Waals surface area contributed by atoms with E-state index in [-0.39, 0.29) is 42.7 Å². The molecule has 7 rings (SSSR count). The molecule has 14 heteroatoms. The summed E-state index contributed by atoms with van der Waals surface area (Å²) < 4.78 is 14.2. The summed E-state index contributed by atoms with van der Waals surface area (Å²) in [5, 5.41) is 19.6. The summed E-state index contributed by atoms with van der Waals surface area (Å²) in [6.07, 6.45) is 3.10. The molecule has 3 aliphatic heterocycles. The minimum absolute atomic E-state index is 0.0116. The Labute approximate surface area is 352 Å². The van der Waals surface area contributed by atoms with Gasteiger partial charge in [-0.05, 0) is 97.7 Å². The summed E-state index contributed by atoms with van der Waals surface area (Å²) in [5.41, 5.74) is 9.69. The molecule has 0 unspecified atom stereocenters. The zero-order chi connectivity index (χ0) is 43.0. The van der Waals surface area contributed by atoms with Gasteiger partial charge in [0.15, 0.2) is 0 Å². The molecule has 2 saturated heterocycles. The highest BCUT2D eigenvalue weighted by Crippen LogP contribution is 2.42. The number of aryl methyl sites for hydroxylation is 1. The molecule has 2 aromatic carbocycles. The lowest BCUT2D eigenvalue weighted by Gasteiger charge is -2.36. The van der Waals surface area contributed by atoms with Crippen LogP contribution in [0, 0.1) is 11.3 Å². The van der Waals surface area contributed by atoms with Crippen LogP contribution in [0.5, 0.6) is 5.75 Å². The van der Waals surface area contributed by atoms with E-state index in [1.54, 1.807) is 32.5 Å². The number of hydrogen-bond donors (Lipinski definition) is 4. The first-order chi connectivity index (χ1) is 28.6. The zero-order valence-electron chi connectivity index (χ0n) is 36.0. The van der Waals surface area contributed by atoms with Crippen molar-refractivity contribution < 1.29 is 33.8 Å². The highest BCUT2D eigenvalue weighted by molar-refractivity contribution is 5.96. The maximum Gasteiger partial charge on any atom is 0.324 e. The fourth-order valence-electron chi connectivity index (χ4n) is 8.87. The number of phenolic OH excluding ortho intramolecular Hbond substituents is 1. The fraction of sp³-hybridized carbons (Fsp3) is 0.500. The molecule has 0 spiro atoms. The summed E-state index contributed by atoms with van der Waals surface area (Å²) in [4.78, 5) is 61.9. The van der Waals surface area contributed by atoms with Crippen LogP contribution >= 0.6 is 0 Å². The zero-order valence-corrected chi connectivity index (χ0v) is 36.0. The van der Waals surface area contributed by atoms with E-state index in [2.05, 4.69) is 59.6 Å². The normalized spacial score (nSPS) is 21.6. The van der Waals surface area contributed by atoms with Crippen molar-refractivity contribution in [1.29, 1.82) is 0 Å². The molecule has 3 amide bonds. The Kier molecular flexibility index (Phi) is 12.4. The van der Waals surface area contributed by atoms with Crippen LogP contribution in [0.25, 0.3) is 33.3 Å². The number of phenols is 1. The van der Waals surface area contributed by atoms with E-state index in [1.165, 1.54) is 9.91 Å². The van der Waals surface area contributed by atoms with E-state index in [9.17, 15) is 24.3 Å². The number of benzene rings is 2. The second-order valence-electron chi connectivity index (χ2n) is 17.6. The van der Waals surface area contributed by atoms with E-state index in [1.807, 2.05) is 39.0 Å². The van der Waals surface area contributed by atoms with Crippen molar-refractivity contribution >= 4 is 34.6 Å². The average Bonchev–Trinajstić information content (AvgIpc) is 4.04. The Morgan fingerprint density at radius 3 is 2.58 bits per heavy atom. The fourth-order valence-corrected chi connectivity index (χ4v) is 8.87. The molecule has 5 heterocycles. The molecule has 6 bridgehead atoms. The van der Waals surface area contributed by atoms with Crippen LogP contribution in [0.2, 0.25) is 0 Å². The van der Waals surface area contributed by atoms with Crippen molar-refractivity contribution in [3.63, 3.8) is 0 Å². The van der Waals surface area contributed by atoms with Crippen LogP contribution in [0.1, 0.15) is 77.3 Å². The minimum Gasteiger partial charge on any atom is -0.508 e. The SMILES string of the molecule is CCn1c(-c2cccnc2[C@H](C)OC)c2c3cc(ccc31)-c1cc(O)cc(c1)C[C@H](NC(=O)[C@H](C(C)C)N(C)C(=O)[C@@H]1CN1)C(=O)N1CCC[C@H](N1)C(=O)OCC(C)(C)C2. The molecule has 5 atom stereocenters. The predicted octanol–water partition coefficient (Wildman–Crippen LogP) is 4.91. The van der Waals surface area contributed by atoms with Gasteiger partial charge < -0.3 is 34.7 Å². The van der Waals surface area contributed by atoms with Crippen molar-refractivity contribution in [3.8, 4) is 28.1 Å². The number of nitrogens with one attached hydrogen (secondary N) is 3. The van der Waals surface area contributed by atoms with Gasteiger partial charge in [-0.15, -0.1) is 0 Å². The van der Waals surface area contributed by atoms with Crippen LogP contribution in [-0.2, 0) is 48.0 Å². The molecule has 2 aromatic heterocycles. The van der Waals surface area contributed by atoms with Gasteiger partial charge in [-0.3, -0.25) is 29.2 Å². The summed E-state index contributed by atoms with van der Waals surface area (Å²) in [6, 6.07) is 12.5. The number of pyridine rings is 1. The first kappa shape index (κ1) is 42.8. The Hall–Kier alpha value is -5.31. The van der Waals surface area contributed by atoms with Gasteiger partial charge in [-0.25, -0.2) is 5.43 Å². The number of carbonyl (C=O) groups is 4. The smallest absolute Gasteiger partial charge is 0.324 e. The number of amides is 3. The van der Waals surface area contributed by atoms with Crippen molar-refractivity contribution in [2.24, 2.45) is 11.3 Å². The lowest BCUT2D eigenvalue weighted by molar-refractivity contribution is -0.155. The molecule has 4 N–H and O–H groups in total. The monoisotopic (exact) mass is 821 g/mol. The quantitative estimate of drug-likeness (QED) is 0.134. The molecular formula is C46H59N7O7. The van der Waals surface area contributed by atoms with E-state index in [0.717, 1.165) is 44.5 Å². The van der Waals surface area contributed by atoms with Crippen LogP contribution < -0.4 is 16.1 Å². The molecular weight excluding hydrogens is 763 g/mol.